The minimum absolute atomic E-state index is 0.0677. The fraction of sp³-hybridized carbons (Fsp3) is 0.190. The van der Waals surface area contributed by atoms with Crippen LogP contribution in [0.1, 0.15) is 5.69 Å². The van der Waals surface area contributed by atoms with Gasteiger partial charge in [-0.25, -0.2) is 31.5 Å². The first-order chi connectivity index (χ1) is 16.4. The van der Waals surface area contributed by atoms with Crippen LogP contribution in [0.25, 0.3) is 0 Å². The Bertz CT molecular complexity index is 1450. The summed E-state index contributed by atoms with van der Waals surface area (Å²) in [6.07, 6.45) is 2.39. The van der Waals surface area contributed by atoms with Crippen LogP contribution in [0.5, 0.6) is 5.75 Å². The largest absolute Gasteiger partial charge is 0.495 e. The number of nitrogens with one attached hydrogen (secondary N) is 2. The van der Waals surface area contributed by atoms with E-state index in [2.05, 4.69) is 20.0 Å². The van der Waals surface area contributed by atoms with Crippen LogP contribution in [0.4, 0.5) is 17.3 Å². The van der Waals surface area contributed by atoms with Crippen LogP contribution in [-0.2, 0) is 24.8 Å². The molecule has 2 N–H and O–H groups in total. The highest BCUT2D eigenvalue weighted by molar-refractivity contribution is 7.92. The molecule has 35 heavy (non-hydrogen) atoms. The van der Waals surface area contributed by atoms with Crippen LogP contribution in [0, 0.1) is 6.92 Å². The third-order valence-corrected chi connectivity index (χ3v) is 7.36. The van der Waals surface area contributed by atoms with Crippen molar-refractivity contribution in [3.63, 3.8) is 0 Å². The molecule has 0 unspecified atom stereocenters. The van der Waals surface area contributed by atoms with Gasteiger partial charge in [0.05, 0.1) is 29.0 Å². The predicted molar refractivity (Wildman–Crippen MR) is 133 cm³/mol. The van der Waals surface area contributed by atoms with Gasteiger partial charge in [-0.1, -0.05) is 11.6 Å². The number of halogens is 1. The van der Waals surface area contributed by atoms with Crippen LogP contribution < -0.4 is 19.1 Å². The normalized spacial score (nSPS) is 11.5. The number of amides is 1. The lowest BCUT2D eigenvalue weighted by Crippen LogP contribution is -2.37. The molecule has 11 nitrogen and oxygen atoms in total. The van der Waals surface area contributed by atoms with Crippen molar-refractivity contribution in [1.29, 1.82) is 0 Å². The number of aryl methyl sites for hydroxylation is 1. The number of anilines is 3. The average molecular weight is 540 g/mol. The average Bonchev–Trinajstić information content (AvgIpc) is 2.77. The second-order valence-corrected chi connectivity index (χ2v) is 11.3. The van der Waals surface area contributed by atoms with Crippen LogP contribution in [0.15, 0.2) is 59.6 Å². The Morgan fingerprint density at radius 1 is 1.09 bits per heavy atom. The first kappa shape index (κ1) is 26.2. The zero-order valence-corrected chi connectivity index (χ0v) is 21.3. The molecule has 0 atom stereocenters. The van der Waals surface area contributed by atoms with E-state index in [4.69, 9.17) is 16.3 Å². The number of nitrogens with zero attached hydrogens (tertiary/aromatic N) is 3. The van der Waals surface area contributed by atoms with Crippen molar-refractivity contribution in [3.8, 4) is 5.75 Å². The smallest absolute Gasteiger partial charge is 0.264 e. The topological polar surface area (TPSA) is 148 Å². The summed E-state index contributed by atoms with van der Waals surface area (Å²) in [7, 11) is -6.36. The van der Waals surface area contributed by atoms with Crippen LogP contribution in [-0.4, -0.2) is 52.6 Å². The summed E-state index contributed by atoms with van der Waals surface area (Å²) in [6, 6.07) is 11.3. The Balaban J connectivity index is 1.72. The summed E-state index contributed by atoms with van der Waals surface area (Å²) < 4.78 is 58.0. The predicted octanol–water partition coefficient (Wildman–Crippen LogP) is 2.65. The number of hydrogen-bond donors (Lipinski definition) is 2. The molecule has 2 aromatic carbocycles. The van der Waals surface area contributed by atoms with E-state index in [0.29, 0.717) is 11.4 Å². The molecule has 0 saturated heterocycles. The lowest BCUT2D eigenvalue weighted by molar-refractivity contribution is -0.114. The van der Waals surface area contributed by atoms with Crippen LogP contribution in [0.2, 0.25) is 5.02 Å². The molecular formula is C21H22ClN5O6S2. The number of rotatable bonds is 9. The van der Waals surface area contributed by atoms with Crippen molar-refractivity contribution in [1.82, 2.24) is 9.97 Å². The molecule has 186 valence electrons. The van der Waals surface area contributed by atoms with E-state index in [9.17, 15) is 21.6 Å². The highest BCUT2D eigenvalue weighted by Gasteiger charge is 2.22. The SMILES string of the molecule is COc1ccc(N(CC(=O)Nc2ccc(S(=O)(=O)Nc3nccc(C)n3)cc2)S(C)(=O)=O)cc1Cl. The minimum atomic E-state index is -3.96. The van der Waals surface area contributed by atoms with E-state index < -0.39 is 32.5 Å². The van der Waals surface area contributed by atoms with Gasteiger partial charge in [0, 0.05) is 17.6 Å². The Morgan fingerprint density at radius 2 is 1.77 bits per heavy atom. The molecule has 0 spiro atoms. The maximum Gasteiger partial charge on any atom is 0.264 e. The molecule has 1 amide bonds. The zero-order valence-electron chi connectivity index (χ0n) is 18.9. The summed E-state index contributed by atoms with van der Waals surface area (Å²) in [5.74, 6) is -0.363. The van der Waals surface area contributed by atoms with E-state index in [1.54, 1.807) is 13.0 Å². The number of carbonyl (C=O) groups excluding carboxylic acids is 1. The molecule has 0 aliphatic rings. The second-order valence-electron chi connectivity index (χ2n) is 7.29. The van der Waals surface area contributed by atoms with Crippen molar-refractivity contribution >= 4 is 54.9 Å². The number of methoxy groups -OCH3 is 1. The van der Waals surface area contributed by atoms with Gasteiger partial charge in [-0.3, -0.25) is 9.10 Å². The van der Waals surface area contributed by atoms with Gasteiger partial charge < -0.3 is 10.1 Å². The molecule has 0 fully saturated rings. The van der Waals surface area contributed by atoms with Gasteiger partial charge in [0.25, 0.3) is 10.0 Å². The molecule has 1 aromatic heterocycles. The van der Waals surface area contributed by atoms with Crippen molar-refractivity contribution in [2.45, 2.75) is 11.8 Å². The van der Waals surface area contributed by atoms with Crippen LogP contribution in [0.3, 0.4) is 0 Å². The summed E-state index contributed by atoms with van der Waals surface area (Å²) in [4.78, 5) is 20.4. The van der Waals surface area contributed by atoms with Gasteiger partial charge in [-0.05, 0) is 55.5 Å². The van der Waals surface area contributed by atoms with Crippen LogP contribution >= 0.6 is 11.6 Å². The fourth-order valence-electron chi connectivity index (χ4n) is 2.94. The Kier molecular flexibility index (Phi) is 7.83. The molecular weight excluding hydrogens is 518 g/mol. The standard InChI is InChI=1S/C21H22ClN5O6S2/c1-14-10-11-23-21(24-14)26-35(31,32)17-7-4-15(5-8-17)25-20(28)13-27(34(3,29)30)16-6-9-19(33-2)18(22)12-16/h4-12H,13H2,1-3H3,(H,25,28)(H,23,24,26). The third kappa shape index (κ3) is 6.81. The molecule has 0 radical (unpaired) electrons. The number of aromatic nitrogens is 2. The van der Waals surface area contributed by atoms with Gasteiger partial charge in [0.2, 0.25) is 21.9 Å². The van der Waals surface area contributed by atoms with Gasteiger partial charge in [0.15, 0.2) is 0 Å². The fourth-order valence-corrected chi connectivity index (χ4v) is 4.99. The summed E-state index contributed by atoms with van der Waals surface area (Å²) in [5.41, 5.74) is 1.04. The summed E-state index contributed by atoms with van der Waals surface area (Å²) in [6.45, 7) is 1.17. The molecule has 0 aliphatic carbocycles. The number of ether oxygens (including phenoxy) is 1. The van der Waals surface area contributed by atoms with Crippen molar-refractivity contribution in [2.24, 2.45) is 0 Å². The molecule has 0 bridgehead atoms. The van der Waals surface area contributed by atoms with E-state index in [0.717, 1.165) is 10.6 Å². The van der Waals surface area contributed by atoms with E-state index in [1.165, 1.54) is 55.8 Å². The second kappa shape index (κ2) is 10.5. The van der Waals surface area contributed by atoms with E-state index in [-0.39, 0.29) is 27.2 Å². The minimum Gasteiger partial charge on any atom is -0.495 e. The maximum absolute atomic E-state index is 12.6. The lowest BCUT2D eigenvalue weighted by Gasteiger charge is -2.22. The highest BCUT2D eigenvalue weighted by Crippen LogP contribution is 2.30. The van der Waals surface area contributed by atoms with Gasteiger partial charge in [-0.15, -0.1) is 0 Å². The number of benzene rings is 2. The van der Waals surface area contributed by atoms with Gasteiger partial charge in [0.1, 0.15) is 12.3 Å². The highest BCUT2D eigenvalue weighted by atomic mass is 35.5. The molecule has 0 aliphatic heterocycles. The summed E-state index contributed by atoms with van der Waals surface area (Å²) >= 11 is 6.09. The number of hydrogen-bond acceptors (Lipinski definition) is 8. The van der Waals surface area contributed by atoms with E-state index in [1.807, 2.05) is 0 Å². The molecule has 3 aromatic rings. The quantitative estimate of drug-likeness (QED) is 0.421. The number of carbonyl (C=O) groups is 1. The maximum atomic E-state index is 12.6. The first-order valence-electron chi connectivity index (χ1n) is 9.93. The van der Waals surface area contributed by atoms with E-state index >= 15 is 0 Å². The van der Waals surface area contributed by atoms with Gasteiger partial charge in [-0.2, -0.15) is 0 Å². The lowest BCUT2D eigenvalue weighted by atomic mass is 10.3. The molecule has 14 heteroatoms. The van der Waals surface area contributed by atoms with Crippen molar-refractivity contribution in [2.75, 3.05) is 34.3 Å². The Morgan fingerprint density at radius 3 is 2.34 bits per heavy atom. The van der Waals surface area contributed by atoms with Crippen molar-refractivity contribution < 1.29 is 26.4 Å². The zero-order chi connectivity index (χ0) is 25.8. The van der Waals surface area contributed by atoms with Crippen molar-refractivity contribution in [3.05, 3.63) is 65.4 Å². The monoisotopic (exact) mass is 539 g/mol. The number of sulfonamides is 2. The Labute approximate surface area is 208 Å². The molecule has 3 rings (SSSR count). The first-order valence-corrected chi connectivity index (χ1v) is 13.6. The Hall–Kier alpha value is -3.42. The molecule has 1 heterocycles. The molecule has 0 saturated carbocycles. The van der Waals surface area contributed by atoms with Gasteiger partial charge >= 0.3 is 0 Å². The third-order valence-electron chi connectivity index (χ3n) is 4.58. The summed E-state index contributed by atoms with van der Waals surface area (Å²) in [5, 5.41) is 2.73.